The Labute approximate surface area is 181 Å². The lowest BCUT2D eigenvalue weighted by molar-refractivity contribution is -0.401. The van der Waals surface area contributed by atoms with Crippen molar-refractivity contribution in [2.75, 3.05) is 14.2 Å². The highest BCUT2D eigenvalue weighted by molar-refractivity contribution is 7.13. The van der Waals surface area contributed by atoms with E-state index in [0.29, 0.717) is 0 Å². The van der Waals surface area contributed by atoms with E-state index in [1.165, 1.54) is 21.8 Å². The van der Waals surface area contributed by atoms with Crippen LogP contribution in [0.25, 0.3) is 16.6 Å². The second-order valence-corrected chi connectivity index (χ2v) is 8.01. The Hall–Kier alpha value is -1.86. The average Bonchev–Trinajstić information content (AvgIpc) is 3.33. The van der Waals surface area contributed by atoms with Gasteiger partial charge in [-0.3, -0.25) is 0 Å². The maximum absolute atomic E-state index is 5.58. The number of benzene rings is 1. The van der Waals surface area contributed by atoms with Gasteiger partial charge >= 0.3 is 0 Å². The summed E-state index contributed by atoms with van der Waals surface area (Å²) < 4.78 is 7.86. The molecule has 27 heavy (non-hydrogen) atoms. The molecule has 140 valence electrons. The standard InChI is InChI=1S/C22H22N2OS.HI/c1-22(2)15-8-5-6-9-18(15)24(3)21(22)12-11-16-19(25-4)14-17(23-16)20-10-7-13-26-20;/h5-14H,1-4H3;1H. The van der Waals surface area contributed by atoms with Crippen molar-refractivity contribution in [3.63, 3.8) is 0 Å². The van der Waals surface area contributed by atoms with Gasteiger partial charge in [0.1, 0.15) is 12.8 Å². The molecular weight excluding hydrogens is 467 g/mol. The fourth-order valence-corrected chi connectivity index (χ4v) is 4.47. The van der Waals surface area contributed by atoms with Crippen molar-refractivity contribution < 1.29 is 33.3 Å². The summed E-state index contributed by atoms with van der Waals surface area (Å²) in [6.07, 6.45) is 4.32. The van der Waals surface area contributed by atoms with Crippen LogP contribution in [0.2, 0.25) is 0 Å². The largest absolute Gasteiger partial charge is 1.00 e. The summed E-state index contributed by atoms with van der Waals surface area (Å²) in [7, 11) is 3.85. The van der Waals surface area contributed by atoms with Crippen molar-refractivity contribution in [1.82, 2.24) is 4.98 Å². The monoisotopic (exact) mass is 490 g/mol. The molecule has 0 aliphatic carbocycles. The molecule has 3 nitrogen and oxygen atoms in total. The molecule has 0 saturated heterocycles. The normalized spacial score (nSPS) is 15.1. The Kier molecular flexibility index (Phi) is 5.63. The summed E-state index contributed by atoms with van der Waals surface area (Å²) >= 11 is 1.72. The van der Waals surface area contributed by atoms with E-state index in [1.807, 2.05) is 0 Å². The highest BCUT2D eigenvalue weighted by Crippen LogP contribution is 2.39. The number of methoxy groups -OCH3 is 1. The molecule has 1 N–H and O–H groups in total. The third kappa shape index (κ3) is 3.38. The molecule has 0 spiro atoms. The first-order valence-electron chi connectivity index (χ1n) is 8.72. The number of H-pyrrole nitrogens is 1. The molecule has 4 rings (SSSR count). The van der Waals surface area contributed by atoms with Gasteiger partial charge in [-0.25, -0.2) is 0 Å². The Balaban J connectivity index is 0.00000210. The van der Waals surface area contributed by atoms with Gasteiger partial charge in [0, 0.05) is 23.8 Å². The van der Waals surface area contributed by atoms with E-state index in [-0.39, 0.29) is 29.4 Å². The molecule has 1 aliphatic heterocycles. The number of fused-ring (bicyclic) bond motifs is 1. The van der Waals surface area contributed by atoms with Gasteiger partial charge in [0.05, 0.1) is 28.8 Å². The summed E-state index contributed by atoms with van der Waals surface area (Å²) in [5.41, 5.74) is 5.95. The molecular formula is C22H23IN2OS. The average molecular weight is 490 g/mol. The second kappa shape index (κ2) is 7.64. The highest BCUT2D eigenvalue weighted by Gasteiger charge is 2.42. The number of ether oxygens (including phenoxy) is 1. The van der Waals surface area contributed by atoms with Gasteiger partial charge in [-0.1, -0.05) is 24.3 Å². The summed E-state index contributed by atoms with van der Waals surface area (Å²) in [6, 6.07) is 14.9. The third-order valence-electron chi connectivity index (χ3n) is 5.17. The van der Waals surface area contributed by atoms with E-state index in [0.717, 1.165) is 17.1 Å². The van der Waals surface area contributed by atoms with Crippen molar-refractivity contribution in [1.29, 1.82) is 0 Å². The van der Waals surface area contributed by atoms with E-state index < -0.39 is 0 Å². The zero-order valence-electron chi connectivity index (χ0n) is 15.9. The first kappa shape index (κ1) is 19.9. The van der Waals surface area contributed by atoms with Crippen molar-refractivity contribution in [2.24, 2.45) is 0 Å². The van der Waals surface area contributed by atoms with Gasteiger partial charge in [0.2, 0.25) is 5.69 Å². The molecule has 0 atom stereocenters. The first-order valence-corrected chi connectivity index (χ1v) is 9.60. The van der Waals surface area contributed by atoms with Crippen LogP contribution in [0.15, 0.2) is 53.9 Å². The number of thiophene rings is 1. The first-order chi connectivity index (χ1) is 12.5. The molecule has 3 aromatic rings. The predicted molar refractivity (Wildman–Crippen MR) is 110 cm³/mol. The van der Waals surface area contributed by atoms with Crippen LogP contribution in [0.3, 0.4) is 0 Å². The number of nitrogens with zero attached hydrogens (tertiary/aromatic N) is 1. The molecule has 0 saturated carbocycles. The second-order valence-electron chi connectivity index (χ2n) is 7.06. The van der Waals surface area contributed by atoms with Crippen LogP contribution in [0, 0.1) is 0 Å². The Morgan fingerprint density at radius 3 is 2.56 bits per heavy atom. The lowest BCUT2D eigenvalue weighted by Crippen LogP contribution is -3.00. The lowest BCUT2D eigenvalue weighted by atomic mass is 9.81. The van der Waals surface area contributed by atoms with E-state index in [4.69, 9.17) is 4.74 Å². The molecule has 1 aromatic carbocycles. The van der Waals surface area contributed by atoms with Gasteiger partial charge < -0.3 is 33.7 Å². The Morgan fingerprint density at radius 2 is 1.89 bits per heavy atom. The zero-order valence-corrected chi connectivity index (χ0v) is 18.9. The Morgan fingerprint density at radius 1 is 1.11 bits per heavy atom. The van der Waals surface area contributed by atoms with Gasteiger partial charge in [-0.05, 0) is 31.4 Å². The van der Waals surface area contributed by atoms with Crippen molar-refractivity contribution >= 4 is 28.8 Å². The number of hydrogen-bond donors (Lipinski definition) is 1. The van der Waals surface area contributed by atoms with Crippen LogP contribution in [-0.2, 0) is 5.41 Å². The molecule has 0 unspecified atom stereocenters. The van der Waals surface area contributed by atoms with Crippen LogP contribution in [0.5, 0.6) is 5.75 Å². The summed E-state index contributed by atoms with van der Waals surface area (Å²) in [5, 5.41) is 2.08. The summed E-state index contributed by atoms with van der Waals surface area (Å²) in [4.78, 5) is 4.70. The number of aromatic nitrogens is 1. The van der Waals surface area contributed by atoms with E-state index in [1.54, 1.807) is 18.4 Å². The molecule has 0 radical (unpaired) electrons. The number of nitrogens with one attached hydrogen (secondary N) is 1. The van der Waals surface area contributed by atoms with Crippen LogP contribution in [0.4, 0.5) is 5.69 Å². The topological polar surface area (TPSA) is 28.0 Å². The smallest absolute Gasteiger partial charge is 0.209 e. The minimum atomic E-state index is -0.0295. The Bertz CT molecular complexity index is 1010. The van der Waals surface area contributed by atoms with Gasteiger partial charge in [0.25, 0.3) is 0 Å². The number of halogens is 1. The number of allylic oxidation sites excluding steroid dienone is 1. The third-order valence-corrected chi connectivity index (χ3v) is 6.07. The fourth-order valence-electron chi connectivity index (χ4n) is 3.77. The van der Waals surface area contributed by atoms with Crippen molar-refractivity contribution in [3.05, 3.63) is 65.2 Å². The van der Waals surface area contributed by atoms with Gasteiger partial charge in [-0.2, -0.15) is 4.58 Å². The zero-order chi connectivity index (χ0) is 18.3. The van der Waals surface area contributed by atoms with E-state index in [9.17, 15) is 0 Å². The molecule has 0 fully saturated rings. The number of para-hydroxylation sites is 1. The maximum Gasteiger partial charge on any atom is 0.209 e. The van der Waals surface area contributed by atoms with Crippen LogP contribution in [0.1, 0.15) is 25.1 Å². The number of rotatable bonds is 4. The number of aromatic amines is 1. The maximum atomic E-state index is 5.58. The van der Waals surface area contributed by atoms with E-state index >= 15 is 0 Å². The SMILES string of the molecule is COc1cc(-c2cccs2)[nH]c1/C=C/C1=[N+](C)c2ccccc2C1(C)C.[I-]. The van der Waals surface area contributed by atoms with Crippen molar-refractivity contribution in [3.8, 4) is 16.3 Å². The minimum absolute atomic E-state index is 0. The lowest BCUT2D eigenvalue weighted by Gasteiger charge is -2.15. The molecule has 5 heteroatoms. The van der Waals surface area contributed by atoms with Gasteiger partial charge in [-0.15, -0.1) is 11.3 Å². The van der Waals surface area contributed by atoms with Crippen molar-refractivity contribution in [2.45, 2.75) is 19.3 Å². The molecule has 3 heterocycles. The van der Waals surface area contributed by atoms with Crippen LogP contribution in [-0.4, -0.2) is 29.4 Å². The molecule has 2 aromatic heterocycles. The minimum Gasteiger partial charge on any atom is -1.00 e. The van der Waals surface area contributed by atoms with Crippen LogP contribution < -0.4 is 28.7 Å². The molecule has 0 bridgehead atoms. The summed E-state index contributed by atoms with van der Waals surface area (Å²) in [5.74, 6) is 0.862. The molecule has 0 amide bonds. The summed E-state index contributed by atoms with van der Waals surface area (Å²) in [6.45, 7) is 4.55. The quantitative estimate of drug-likeness (QED) is 0.442. The van der Waals surface area contributed by atoms with Crippen LogP contribution >= 0.6 is 11.3 Å². The van der Waals surface area contributed by atoms with E-state index in [2.05, 4.69) is 90.5 Å². The predicted octanol–water partition coefficient (Wildman–Crippen LogP) is 2.48. The number of hydrogen-bond acceptors (Lipinski definition) is 2. The fraction of sp³-hybridized carbons (Fsp3) is 0.227. The van der Waals surface area contributed by atoms with Gasteiger partial charge in [0.15, 0.2) is 5.71 Å². The highest BCUT2D eigenvalue weighted by atomic mass is 127. The molecule has 1 aliphatic rings.